The Morgan fingerprint density at radius 2 is 1.85 bits per heavy atom. The van der Waals surface area contributed by atoms with E-state index >= 15 is 0 Å². The lowest BCUT2D eigenvalue weighted by molar-refractivity contribution is -0.141. The maximum atomic E-state index is 14.3. The smallest absolute Gasteiger partial charge is 0.407 e. The van der Waals surface area contributed by atoms with Gasteiger partial charge in [-0.05, 0) is 45.7 Å². The maximum absolute atomic E-state index is 14.3. The van der Waals surface area contributed by atoms with Crippen LogP contribution in [0.25, 0.3) is 10.9 Å². The van der Waals surface area contributed by atoms with Gasteiger partial charge in [-0.1, -0.05) is 41.9 Å². The van der Waals surface area contributed by atoms with Crippen molar-refractivity contribution < 1.29 is 28.3 Å². The predicted octanol–water partition coefficient (Wildman–Crippen LogP) is 3.13. The van der Waals surface area contributed by atoms with Gasteiger partial charge in [-0.25, -0.2) is 9.18 Å². The summed E-state index contributed by atoms with van der Waals surface area (Å²) in [6, 6.07) is 10.7. The largest absolute Gasteiger partial charge is 0.444 e. The van der Waals surface area contributed by atoms with Gasteiger partial charge in [-0.2, -0.15) is 5.10 Å². The zero-order valence-electron chi connectivity index (χ0n) is 22.9. The van der Waals surface area contributed by atoms with E-state index in [4.69, 9.17) is 22.1 Å². The van der Waals surface area contributed by atoms with Crippen LogP contribution < -0.4 is 16.4 Å². The second-order valence-corrected chi connectivity index (χ2v) is 11.3. The topological polar surface area (TPSA) is 149 Å². The third kappa shape index (κ3) is 7.31. The summed E-state index contributed by atoms with van der Waals surface area (Å²) in [5.74, 6) is -2.30. The molecule has 4 amide bonds. The average Bonchev–Trinajstić information content (AvgIpc) is 3.23. The number of nitrogens with one attached hydrogen (secondary N) is 2. The van der Waals surface area contributed by atoms with E-state index in [1.54, 1.807) is 51.1 Å². The van der Waals surface area contributed by atoms with E-state index in [9.17, 15) is 23.6 Å². The SMILES string of the molecule is CC(C)(C)OC(=O)N[C@H]1C[C@H](N(CC(=O)NCc2cccc(Cl)c2F)C(=O)Cn2nc(C(N)=O)c3ccccc32)C1. The van der Waals surface area contributed by atoms with E-state index in [0.29, 0.717) is 23.7 Å². The van der Waals surface area contributed by atoms with Crippen molar-refractivity contribution in [1.29, 1.82) is 0 Å². The van der Waals surface area contributed by atoms with Gasteiger partial charge in [-0.15, -0.1) is 0 Å². The number of amides is 4. The summed E-state index contributed by atoms with van der Waals surface area (Å²) >= 11 is 5.83. The Hall–Kier alpha value is -4.19. The number of benzene rings is 2. The zero-order chi connectivity index (χ0) is 29.9. The Morgan fingerprint density at radius 1 is 1.15 bits per heavy atom. The van der Waals surface area contributed by atoms with Gasteiger partial charge in [0.05, 0.1) is 17.1 Å². The maximum Gasteiger partial charge on any atom is 0.407 e. The number of fused-ring (bicyclic) bond motifs is 1. The Kier molecular flexibility index (Phi) is 8.81. The quantitative estimate of drug-likeness (QED) is 0.351. The first kappa shape index (κ1) is 29.8. The Balaban J connectivity index is 1.48. The number of nitrogens with zero attached hydrogens (tertiary/aromatic N) is 3. The molecule has 1 heterocycles. The molecule has 13 heteroatoms. The van der Waals surface area contributed by atoms with E-state index in [1.165, 1.54) is 21.7 Å². The highest BCUT2D eigenvalue weighted by atomic mass is 35.5. The van der Waals surface area contributed by atoms with Gasteiger partial charge in [0, 0.05) is 29.6 Å². The molecule has 218 valence electrons. The van der Waals surface area contributed by atoms with Crippen LogP contribution in [0.2, 0.25) is 5.02 Å². The van der Waals surface area contributed by atoms with Gasteiger partial charge >= 0.3 is 6.09 Å². The number of nitrogens with two attached hydrogens (primary N) is 1. The van der Waals surface area contributed by atoms with E-state index in [-0.39, 0.29) is 48.0 Å². The molecule has 11 nitrogen and oxygen atoms in total. The molecule has 0 spiro atoms. The van der Waals surface area contributed by atoms with Gasteiger partial charge in [0.25, 0.3) is 5.91 Å². The Morgan fingerprint density at radius 3 is 2.54 bits per heavy atom. The van der Waals surface area contributed by atoms with E-state index in [0.717, 1.165) is 0 Å². The zero-order valence-corrected chi connectivity index (χ0v) is 23.7. The van der Waals surface area contributed by atoms with E-state index in [2.05, 4.69) is 15.7 Å². The molecule has 2 aromatic carbocycles. The molecule has 0 bridgehead atoms. The number of ether oxygens (including phenoxy) is 1. The van der Waals surface area contributed by atoms with Gasteiger partial charge in [0.15, 0.2) is 5.69 Å². The summed E-state index contributed by atoms with van der Waals surface area (Å²) in [7, 11) is 0. The third-order valence-corrected chi connectivity index (χ3v) is 6.88. The molecule has 1 aliphatic rings. The number of rotatable bonds is 9. The number of primary amides is 1. The summed E-state index contributed by atoms with van der Waals surface area (Å²) < 4.78 is 21.0. The minimum absolute atomic E-state index is 0.0338. The normalized spacial score (nSPS) is 16.5. The molecule has 41 heavy (non-hydrogen) atoms. The molecule has 1 aliphatic carbocycles. The van der Waals surface area contributed by atoms with Crippen LogP contribution in [0.5, 0.6) is 0 Å². The summed E-state index contributed by atoms with van der Waals surface area (Å²) in [6.07, 6.45) is 0.225. The number of aromatic nitrogens is 2. The van der Waals surface area contributed by atoms with Crippen molar-refractivity contribution in [2.45, 2.75) is 64.4 Å². The third-order valence-electron chi connectivity index (χ3n) is 6.59. The van der Waals surface area contributed by atoms with Crippen molar-refractivity contribution in [3.63, 3.8) is 0 Å². The molecular formula is C28H32ClFN6O5. The van der Waals surface area contributed by atoms with E-state index in [1.807, 2.05) is 0 Å². The highest BCUT2D eigenvalue weighted by Crippen LogP contribution is 2.27. The van der Waals surface area contributed by atoms with Crippen LogP contribution in [0.4, 0.5) is 9.18 Å². The van der Waals surface area contributed by atoms with Crippen molar-refractivity contribution in [2.75, 3.05) is 6.54 Å². The lowest BCUT2D eigenvalue weighted by Gasteiger charge is -2.42. The fraction of sp³-hybridized carbons (Fsp3) is 0.393. The number of halogens is 2. The standard InChI is InChI=1S/C28H32ClFN6O5/c1-28(2,3)41-27(40)33-17-11-18(12-17)35(14-22(37)32-13-16-7-6-9-20(29)24(16)30)23(38)15-36-21-10-5-4-8-19(21)25(34-36)26(31)39/h4-10,17-18H,11-15H2,1-3H3,(H2,31,39)(H,32,37)(H,33,40)/t17-,18-. The monoisotopic (exact) mass is 586 g/mol. The fourth-order valence-corrected chi connectivity index (χ4v) is 4.79. The van der Waals surface area contributed by atoms with Crippen molar-refractivity contribution in [3.05, 3.63) is 64.6 Å². The van der Waals surface area contributed by atoms with Crippen LogP contribution in [-0.2, 0) is 27.4 Å². The molecule has 4 rings (SSSR count). The minimum Gasteiger partial charge on any atom is -0.444 e. The molecule has 0 unspecified atom stereocenters. The number of carbonyl (C=O) groups excluding carboxylic acids is 4. The number of alkyl carbamates (subject to hydrolysis) is 1. The molecule has 0 aliphatic heterocycles. The van der Waals surface area contributed by atoms with Gasteiger partial charge in [0.1, 0.15) is 18.0 Å². The van der Waals surface area contributed by atoms with Crippen molar-refractivity contribution in [1.82, 2.24) is 25.3 Å². The summed E-state index contributed by atoms with van der Waals surface area (Å²) in [5, 5.41) is 10.1. The van der Waals surface area contributed by atoms with Gasteiger partial charge in [0.2, 0.25) is 11.8 Å². The molecule has 0 atom stereocenters. The molecule has 1 fully saturated rings. The molecule has 1 saturated carbocycles. The molecule has 0 saturated heterocycles. The minimum atomic E-state index is -0.730. The Labute approximate surface area is 241 Å². The highest BCUT2D eigenvalue weighted by molar-refractivity contribution is 6.30. The van der Waals surface area contributed by atoms with Crippen molar-refractivity contribution in [2.24, 2.45) is 5.73 Å². The van der Waals surface area contributed by atoms with E-state index < -0.39 is 35.2 Å². The number of para-hydroxylation sites is 1. The Bertz CT molecular complexity index is 1480. The van der Waals surface area contributed by atoms with Crippen LogP contribution in [-0.4, -0.2) is 62.7 Å². The fourth-order valence-electron chi connectivity index (χ4n) is 4.59. The number of hydrogen-bond acceptors (Lipinski definition) is 6. The first-order valence-electron chi connectivity index (χ1n) is 13.1. The molecule has 0 radical (unpaired) electrons. The predicted molar refractivity (Wildman–Crippen MR) is 149 cm³/mol. The number of carbonyl (C=O) groups is 4. The number of hydrogen-bond donors (Lipinski definition) is 3. The highest BCUT2D eigenvalue weighted by Gasteiger charge is 2.38. The lowest BCUT2D eigenvalue weighted by atomic mass is 9.85. The van der Waals surface area contributed by atoms with Crippen LogP contribution in [0.1, 0.15) is 49.7 Å². The van der Waals surface area contributed by atoms with Crippen LogP contribution in [0, 0.1) is 5.82 Å². The first-order valence-corrected chi connectivity index (χ1v) is 13.4. The summed E-state index contributed by atoms with van der Waals surface area (Å²) in [4.78, 5) is 52.0. The second kappa shape index (κ2) is 12.1. The summed E-state index contributed by atoms with van der Waals surface area (Å²) in [5.41, 5.74) is 5.59. The van der Waals surface area contributed by atoms with Crippen LogP contribution in [0.3, 0.4) is 0 Å². The molecule has 1 aromatic heterocycles. The summed E-state index contributed by atoms with van der Waals surface area (Å²) in [6.45, 7) is 4.58. The van der Waals surface area contributed by atoms with Crippen molar-refractivity contribution in [3.8, 4) is 0 Å². The molecular weight excluding hydrogens is 555 g/mol. The lowest BCUT2D eigenvalue weighted by Crippen LogP contribution is -2.58. The second-order valence-electron chi connectivity index (χ2n) is 10.9. The van der Waals surface area contributed by atoms with Gasteiger partial charge in [-0.3, -0.25) is 19.1 Å². The van der Waals surface area contributed by atoms with Gasteiger partial charge < -0.3 is 26.0 Å². The van der Waals surface area contributed by atoms with Crippen LogP contribution in [0.15, 0.2) is 42.5 Å². The van der Waals surface area contributed by atoms with Crippen LogP contribution >= 0.6 is 11.6 Å². The first-order chi connectivity index (χ1) is 19.3. The average molecular weight is 587 g/mol. The molecule has 4 N–H and O–H groups in total. The van der Waals surface area contributed by atoms with Crippen molar-refractivity contribution >= 4 is 46.3 Å². The molecule has 3 aromatic rings.